The molecule has 5 aromatic carbocycles. The third-order valence-corrected chi connectivity index (χ3v) is 15.2. The second-order valence-electron chi connectivity index (χ2n) is 24.3. The SMILES string of the molecule is CC(=O)N[C@@H](CCC(=O)NC(c1ccccc1)(c1ccccc1)c1ccccc1)C(=O)N[C@@H]1C(=O)N[C@@H](CC(C)C)C(=O)N[C@@H](CCC=O)C(=O)N[C@@H](Cc2ccccc2)C(=O)N(C)[C@@H](Cc2ccc(OC(C)(C)C)cc2)C(=O)N[C@@H](C(C)C)C(=O)O[C@@H]1C. The fourth-order valence-electron chi connectivity index (χ4n) is 10.7. The molecule has 1 aliphatic heterocycles. The molecular weight excluding hydrogens is 1130 g/mol. The van der Waals surface area contributed by atoms with Crippen molar-refractivity contribution < 1.29 is 57.4 Å². The van der Waals surface area contributed by atoms with Crippen molar-refractivity contribution in [3.8, 4) is 5.75 Å². The van der Waals surface area contributed by atoms with Crippen LogP contribution in [0.3, 0.4) is 0 Å². The van der Waals surface area contributed by atoms with E-state index in [1.807, 2.05) is 112 Å². The van der Waals surface area contributed by atoms with Crippen LogP contribution in [-0.2, 0) is 71.1 Å². The number of cyclic esters (lactones) is 1. The molecule has 89 heavy (non-hydrogen) atoms. The molecule has 6 rings (SSSR count). The highest BCUT2D eigenvalue weighted by molar-refractivity contribution is 5.98. The summed E-state index contributed by atoms with van der Waals surface area (Å²) in [6, 6.07) is 33.6. The van der Waals surface area contributed by atoms with E-state index in [0.717, 1.165) is 16.7 Å². The topological polar surface area (TPSA) is 277 Å². The molecule has 0 bridgehead atoms. The first-order chi connectivity index (χ1) is 42.3. The summed E-state index contributed by atoms with van der Waals surface area (Å²) < 4.78 is 12.1. The molecule has 0 unspecified atom stereocenters. The third-order valence-electron chi connectivity index (χ3n) is 15.2. The lowest BCUT2D eigenvalue weighted by Gasteiger charge is -2.37. The van der Waals surface area contributed by atoms with Crippen LogP contribution in [0.4, 0.5) is 0 Å². The summed E-state index contributed by atoms with van der Waals surface area (Å²) in [5.41, 5.74) is 1.72. The second-order valence-corrected chi connectivity index (χ2v) is 24.3. The number of benzene rings is 5. The van der Waals surface area contributed by atoms with Crippen LogP contribution < -0.4 is 42.0 Å². The highest BCUT2D eigenvalue weighted by Crippen LogP contribution is 2.37. The molecule has 5 aromatic rings. The van der Waals surface area contributed by atoms with Crippen molar-refractivity contribution in [1.29, 1.82) is 0 Å². The molecule has 20 heteroatoms. The van der Waals surface area contributed by atoms with Gasteiger partial charge < -0.3 is 56.4 Å². The normalized spacial score (nSPS) is 20.4. The summed E-state index contributed by atoms with van der Waals surface area (Å²) in [4.78, 5) is 144. The zero-order chi connectivity index (χ0) is 65.0. The summed E-state index contributed by atoms with van der Waals surface area (Å²) in [5, 5.41) is 19.5. The number of likely N-dealkylation sites (N-methyl/N-ethyl adjacent to an activating group) is 1. The number of esters is 1. The summed E-state index contributed by atoms with van der Waals surface area (Å²) in [5.74, 6) is -7.77. The lowest BCUT2D eigenvalue weighted by molar-refractivity contribution is -0.157. The molecule has 1 fully saturated rings. The first kappa shape index (κ1) is 68.9. The van der Waals surface area contributed by atoms with Gasteiger partial charge in [-0.2, -0.15) is 0 Å². The molecule has 0 saturated carbocycles. The number of rotatable bonds is 21. The van der Waals surface area contributed by atoms with E-state index in [-0.39, 0.29) is 50.9 Å². The molecule has 7 N–H and O–H groups in total. The van der Waals surface area contributed by atoms with E-state index < -0.39 is 119 Å². The van der Waals surface area contributed by atoms with Crippen LogP contribution in [0, 0.1) is 11.8 Å². The summed E-state index contributed by atoms with van der Waals surface area (Å²) in [6.07, 6.45) is -2.23. The smallest absolute Gasteiger partial charge is 0.329 e. The Balaban J connectivity index is 1.39. The van der Waals surface area contributed by atoms with Gasteiger partial charge in [-0.1, -0.05) is 161 Å². The van der Waals surface area contributed by atoms with Gasteiger partial charge in [0, 0.05) is 39.7 Å². The van der Waals surface area contributed by atoms with Gasteiger partial charge in [0.25, 0.3) is 0 Å². The van der Waals surface area contributed by atoms with Gasteiger partial charge >= 0.3 is 5.97 Å². The van der Waals surface area contributed by atoms with E-state index in [1.165, 1.54) is 25.8 Å². The average molecular weight is 1220 g/mol. The lowest BCUT2D eigenvalue weighted by Crippen LogP contribution is -2.62. The fourth-order valence-corrected chi connectivity index (χ4v) is 10.7. The fraction of sp³-hybridized carbons (Fsp3) is 0.420. The van der Waals surface area contributed by atoms with Crippen LogP contribution in [0.2, 0.25) is 0 Å². The van der Waals surface area contributed by atoms with Crippen molar-refractivity contribution in [3.05, 3.63) is 173 Å². The van der Waals surface area contributed by atoms with Gasteiger partial charge in [0.15, 0.2) is 0 Å². The molecule has 8 atom stereocenters. The number of ether oxygens (including phenoxy) is 2. The second kappa shape index (κ2) is 32.2. The van der Waals surface area contributed by atoms with Gasteiger partial charge in [0.2, 0.25) is 47.3 Å². The molecule has 1 saturated heterocycles. The zero-order valence-electron chi connectivity index (χ0n) is 52.5. The Labute approximate surface area is 521 Å². The quantitative estimate of drug-likeness (QED) is 0.0256. The summed E-state index contributed by atoms with van der Waals surface area (Å²) in [6.45, 7) is 15.1. The molecule has 0 radical (unpaired) electrons. The van der Waals surface area contributed by atoms with E-state index in [9.17, 15) is 38.4 Å². The highest BCUT2D eigenvalue weighted by atomic mass is 16.5. The molecule has 0 spiro atoms. The van der Waals surface area contributed by atoms with Crippen molar-refractivity contribution in [1.82, 2.24) is 42.1 Å². The van der Waals surface area contributed by atoms with E-state index in [0.29, 0.717) is 23.2 Å². The minimum Gasteiger partial charge on any atom is -0.488 e. The average Bonchev–Trinajstić information content (AvgIpc) is 0.868. The predicted molar refractivity (Wildman–Crippen MR) is 336 cm³/mol. The van der Waals surface area contributed by atoms with Crippen LogP contribution in [0.1, 0.15) is 122 Å². The van der Waals surface area contributed by atoms with Crippen LogP contribution in [-0.4, -0.2) is 125 Å². The standard InChI is InChI=1S/C69H86N8O12/c1-43(2)40-55-63(83)71-53(32-23-39-78)61(81)73-56(41-47-24-15-11-16-25-47)66(86)77(10)57(42-48-33-35-52(36-34-48)89-68(7,8)9)64(84)74-59(44(3)4)67(87)88-45(5)60(65(85)72-55)75-62(82)54(70-46(6)79)37-38-58(80)76-69(49-26-17-12-18-27-49,50-28-19-13-20-29-50)51-30-21-14-22-31-51/h11-22,24-31,33-36,39,43-45,53-57,59-60H,23,32,37-38,40-42H2,1-10H3,(H,70,79)(H,71,83)(H,72,85)(H,73,81)(H,74,84)(H,75,82)(H,76,80)/t45-,53+,54+,55+,56+,57+,59+,60+/m1/s1. The van der Waals surface area contributed by atoms with Crippen molar-refractivity contribution in [2.75, 3.05) is 7.05 Å². The number of carbonyl (C=O) groups excluding carboxylic acids is 10. The Morgan fingerprint density at radius 1 is 0.652 bits per heavy atom. The predicted octanol–water partition coefficient (Wildman–Crippen LogP) is 5.92. The Morgan fingerprint density at radius 2 is 1.16 bits per heavy atom. The molecule has 0 aliphatic carbocycles. The largest absolute Gasteiger partial charge is 0.488 e. The number of amides is 8. The van der Waals surface area contributed by atoms with Crippen molar-refractivity contribution >= 4 is 59.5 Å². The van der Waals surface area contributed by atoms with Crippen LogP contribution in [0.25, 0.3) is 0 Å². The van der Waals surface area contributed by atoms with Crippen LogP contribution in [0.5, 0.6) is 5.75 Å². The summed E-state index contributed by atoms with van der Waals surface area (Å²) >= 11 is 0. The Bertz CT molecular complexity index is 3120. The lowest BCUT2D eigenvalue weighted by atomic mass is 9.77. The van der Waals surface area contributed by atoms with Gasteiger partial charge in [-0.15, -0.1) is 0 Å². The molecule has 0 aromatic heterocycles. The monoisotopic (exact) mass is 1220 g/mol. The van der Waals surface area contributed by atoms with Gasteiger partial charge in [-0.25, -0.2) is 4.79 Å². The van der Waals surface area contributed by atoms with Crippen LogP contribution >= 0.6 is 0 Å². The Morgan fingerprint density at radius 3 is 1.66 bits per heavy atom. The molecule has 1 heterocycles. The summed E-state index contributed by atoms with van der Waals surface area (Å²) in [7, 11) is 1.40. The first-order valence-corrected chi connectivity index (χ1v) is 30.3. The van der Waals surface area contributed by atoms with Gasteiger partial charge in [0.1, 0.15) is 71.6 Å². The van der Waals surface area contributed by atoms with Crippen molar-refractivity contribution in [3.63, 3.8) is 0 Å². The molecule has 8 amide bonds. The van der Waals surface area contributed by atoms with Gasteiger partial charge in [-0.05, 0) is 98.7 Å². The maximum absolute atomic E-state index is 15.1. The van der Waals surface area contributed by atoms with Crippen molar-refractivity contribution in [2.24, 2.45) is 11.8 Å². The highest BCUT2D eigenvalue weighted by Gasteiger charge is 2.42. The number of hydrogen-bond acceptors (Lipinski definition) is 12. The number of nitrogens with zero attached hydrogens (tertiary/aromatic N) is 1. The van der Waals surface area contributed by atoms with E-state index in [2.05, 4.69) is 37.2 Å². The molecular formula is C69H86N8O12. The Kier molecular flexibility index (Phi) is 24.9. The van der Waals surface area contributed by atoms with Gasteiger partial charge in [-0.3, -0.25) is 38.4 Å². The van der Waals surface area contributed by atoms with E-state index in [1.54, 1.807) is 82.3 Å². The maximum atomic E-state index is 15.1. The number of hydrogen-bond donors (Lipinski definition) is 7. The van der Waals surface area contributed by atoms with Crippen molar-refractivity contribution in [2.45, 2.75) is 167 Å². The molecule has 20 nitrogen and oxygen atoms in total. The Hall–Kier alpha value is -9.20. The van der Waals surface area contributed by atoms with E-state index >= 15 is 9.59 Å². The van der Waals surface area contributed by atoms with Crippen LogP contribution in [0.15, 0.2) is 146 Å². The third kappa shape index (κ3) is 19.6. The number of carbonyl (C=O) groups is 10. The number of nitrogens with one attached hydrogen (secondary N) is 7. The molecule has 1 aliphatic rings. The van der Waals surface area contributed by atoms with Gasteiger partial charge in [0.05, 0.1) is 0 Å². The minimum absolute atomic E-state index is 0.0242. The first-order valence-electron chi connectivity index (χ1n) is 30.3. The number of aldehydes is 1. The minimum atomic E-state index is -1.82. The van der Waals surface area contributed by atoms with E-state index in [4.69, 9.17) is 9.47 Å². The molecule has 474 valence electrons. The zero-order valence-corrected chi connectivity index (χ0v) is 52.5. The maximum Gasteiger partial charge on any atom is 0.329 e.